The van der Waals surface area contributed by atoms with Gasteiger partial charge in [0.25, 0.3) is 5.91 Å². The van der Waals surface area contributed by atoms with Gasteiger partial charge >= 0.3 is 0 Å². The lowest BCUT2D eigenvalue weighted by molar-refractivity contribution is 0.1000. The number of hydrogen-bond donors (Lipinski definition) is 1. The summed E-state index contributed by atoms with van der Waals surface area (Å²) < 4.78 is 1.70. The lowest BCUT2D eigenvalue weighted by Gasteiger charge is -2.02. The fraction of sp³-hybridized carbons (Fsp3) is 0.167. The van der Waals surface area contributed by atoms with Crippen LogP contribution >= 0.6 is 0 Å². The maximum Gasteiger partial charge on any atom is 0.251 e. The van der Waals surface area contributed by atoms with Crippen molar-refractivity contribution >= 4 is 5.91 Å². The molecule has 0 unspecified atom stereocenters. The van der Waals surface area contributed by atoms with E-state index in [1.54, 1.807) is 10.9 Å². The second-order valence-corrected chi connectivity index (χ2v) is 3.78. The summed E-state index contributed by atoms with van der Waals surface area (Å²) in [4.78, 5) is 10.9. The summed E-state index contributed by atoms with van der Waals surface area (Å²) in [5.41, 5.74) is 7.95. The van der Waals surface area contributed by atoms with Gasteiger partial charge in [0.2, 0.25) is 0 Å². The van der Waals surface area contributed by atoms with Gasteiger partial charge in [0.05, 0.1) is 18.3 Å². The third kappa shape index (κ3) is 2.28. The van der Waals surface area contributed by atoms with Gasteiger partial charge in [-0.3, -0.25) is 9.48 Å². The number of aromatic nitrogens is 2. The predicted molar refractivity (Wildman–Crippen MR) is 61.0 cm³/mol. The Bertz CT molecular complexity index is 516. The number of rotatable bonds is 3. The number of nitrogens with two attached hydrogens (primary N) is 1. The minimum Gasteiger partial charge on any atom is -0.366 e. The number of benzene rings is 1. The minimum atomic E-state index is -0.449. The van der Waals surface area contributed by atoms with Crippen molar-refractivity contribution in [2.75, 3.05) is 0 Å². The SMILES string of the molecule is Cc1cccc(Cn2cc(C(N)=O)cn2)c1. The van der Waals surface area contributed by atoms with Gasteiger partial charge in [-0.1, -0.05) is 29.8 Å². The molecule has 0 saturated carbocycles. The largest absolute Gasteiger partial charge is 0.366 e. The first kappa shape index (κ1) is 10.4. The fourth-order valence-electron chi connectivity index (χ4n) is 1.57. The number of nitrogens with zero attached hydrogens (tertiary/aromatic N) is 2. The van der Waals surface area contributed by atoms with Gasteiger partial charge in [0, 0.05) is 6.20 Å². The summed E-state index contributed by atoms with van der Waals surface area (Å²) in [6.45, 7) is 2.69. The standard InChI is InChI=1S/C12H13N3O/c1-9-3-2-4-10(5-9)7-15-8-11(6-14-15)12(13)16/h2-6,8H,7H2,1H3,(H2,13,16). The molecule has 0 aliphatic rings. The number of amides is 1. The van der Waals surface area contributed by atoms with Gasteiger partial charge in [-0.2, -0.15) is 5.10 Å². The lowest BCUT2D eigenvalue weighted by atomic mass is 10.1. The van der Waals surface area contributed by atoms with Gasteiger partial charge in [0.1, 0.15) is 0 Å². The van der Waals surface area contributed by atoms with Gasteiger partial charge in [-0.15, -0.1) is 0 Å². The summed E-state index contributed by atoms with van der Waals surface area (Å²) in [5, 5.41) is 4.08. The Morgan fingerprint density at radius 2 is 2.31 bits per heavy atom. The fourth-order valence-corrected chi connectivity index (χ4v) is 1.57. The van der Waals surface area contributed by atoms with Crippen LogP contribution in [0.3, 0.4) is 0 Å². The van der Waals surface area contributed by atoms with Crippen LogP contribution in [-0.4, -0.2) is 15.7 Å². The number of primary amides is 1. The summed E-state index contributed by atoms with van der Waals surface area (Å²) in [6, 6.07) is 8.16. The van der Waals surface area contributed by atoms with E-state index in [0.29, 0.717) is 12.1 Å². The Balaban J connectivity index is 2.17. The molecule has 2 N–H and O–H groups in total. The van der Waals surface area contributed by atoms with E-state index in [1.165, 1.54) is 11.8 Å². The highest BCUT2D eigenvalue weighted by atomic mass is 16.1. The van der Waals surface area contributed by atoms with Gasteiger partial charge in [0.15, 0.2) is 0 Å². The van der Waals surface area contributed by atoms with Crippen LogP contribution in [0, 0.1) is 6.92 Å². The molecule has 1 amide bonds. The zero-order valence-corrected chi connectivity index (χ0v) is 9.05. The molecule has 1 aromatic heterocycles. The second kappa shape index (κ2) is 4.18. The molecule has 0 saturated heterocycles. The summed E-state index contributed by atoms with van der Waals surface area (Å²) in [7, 11) is 0. The normalized spacial score (nSPS) is 10.3. The van der Waals surface area contributed by atoms with Crippen LogP contribution in [0.1, 0.15) is 21.5 Å². The van der Waals surface area contributed by atoms with E-state index < -0.39 is 5.91 Å². The monoisotopic (exact) mass is 215 g/mol. The second-order valence-electron chi connectivity index (χ2n) is 3.78. The van der Waals surface area contributed by atoms with Crippen molar-refractivity contribution in [3.8, 4) is 0 Å². The van der Waals surface area contributed by atoms with Crippen LogP contribution in [-0.2, 0) is 6.54 Å². The van der Waals surface area contributed by atoms with Gasteiger partial charge in [-0.05, 0) is 12.5 Å². The maximum atomic E-state index is 10.9. The molecule has 0 radical (unpaired) electrons. The van der Waals surface area contributed by atoms with Gasteiger partial charge < -0.3 is 5.73 Å². The van der Waals surface area contributed by atoms with E-state index in [0.717, 1.165) is 5.56 Å². The molecular weight excluding hydrogens is 202 g/mol. The van der Waals surface area contributed by atoms with Crippen molar-refractivity contribution in [1.82, 2.24) is 9.78 Å². The van der Waals surface area contributed by atoms with Crippen LogP contribution in [0.4, 0.5) is 0 Å². The van der Waals surface area contributed by atoms with E-state index >= 15 is 0 Å². The predicted octanol–water partition coefficient (Wildman–Crippen LogP) is 1.34. The third-order valence-electron chi connectivity index (χ3n) is 2.34. The van der Waals surface area contributed by atoms with Crippen LogP contribution in [0.15, 0.2) is 36.7 Å². The lowest BCUT2D eigenvalue weighted by Crippen LogP contribution is -2.09. The molecule has 0 atom stereocenters. The van der Waals surface area contributed by atoms with E-state index in [9.17, 15) is 4.79 Å². The van der Waals surface area contributed by atoms with E-state index in [2.05, 4.69) is 11.2 Å². The van der Waals surface area contributed by atoms with Crippen molar-refractivity contribution in [3.63, 3.8) is 0 Å². The molecule has 0 aliphatic carbocycles. The summed E-state index contributed by atoms with van der Waals surface area (Å²) in [5.74, 6) is -0.449. The van der Waals surface area contributed by atoms with E-state index in [4.69, 9.17) is 5.73 Å². The summed E-state index contributed by atoms with van der Waals surface area (Å²) >= 11 is 0. The number of hydrogen-bond acceptors (Lipinski definition) is 2. The van der Waals surface area contributed by atoms with E-state index in [-0.39, 0.29) is 0 Å². The van der Waals surface area contributed by atoms with Crippen molar-refractivity contribution < 1.29 is 4.79 Å². The average molecular weight is 215 g/mol. The molecule has 4 nitrogen and oxygen atoms in total. The van der Waals surface area contributed by atoms with E-state index in [1.807, 2.05) is 25.1 Å². The minimum absolute atomic E-state index is 0.438. The molecule has 1 aromatic carbocycles. The first-order chi connectivity index (χ1) is 7.65. The van der Waals surface area contributed by atoms with Crippen molar-refractivity contribution in [1.29, 1.82) is 0 Å². The number of carbonyl (C=O) groups excluding carboxylic acids is 1. The first-order valence-electron chi connectivity index (χ1n) is 5.03. The Morgan fingerprint density at radius 3 is 2.94 bits per heavy atom. The third-order valence-corrected chi connectivity index (χ3v) is 2.34. The summed E-state index contributed by atoms with van der Waals surface area (Å²) in [6.07, 6.45) is 3.14. The molecule has 4 heteroatoms. The molecule has 16 heavy (non-hydrogen) atoms. The molecular formula is C12H13N3O. The molecule has 0 fully saturated rings. The Hall–Kier alpha value is -2.10. The van der Waals surface area contributed by atoms with Crippen molar-refractivity contribution in [2.45, 2.75) is 13.5 Å². The highest BCUT2D eigenvalue weighted by molar-refractivity contribution is 5.92. The Kier molecular flexibility index (Phi) is 2.72. The molecule has 2 aromatic rings. The molecule has 0 bridgehead atoms. The number of aryl methyl sites for hydroxylation is 1. The zero-order valence-electron chi connectivity index (χ0n) is 9.05. The van der Waals surface area contributed by atoms with Crippen LogP contribution < -0.4 is 5.73 Å². The molecule has 0 aliphatic heterocycles. The zero-order chi connectivity index (χ0) is 11.5. The topological polar surface area (TPSA) is 60.9 Å². The van der Waals surface area contributed by atoms with Gasteiger partial charge in [-0.25, -0.2) is 0 Å². The first-order valence-corrected chi connectivity index (χ1v) is 5.03. The van der Waals surface area contributed by atoms with Crippen molar-refractivity contribution in [3.05, 3.63) is 53.3 Å². The molecule has 82 valence electrons. The molecule has 2 rings (SSSR count). The molecule has 1 heterocycles. The highest BCUT2D eigenvalue weighted by Crippen LogP contribution is 2.06. The highest BCUT2D eigenvalue weighted by Gasteiger charge is 2.04. The Morgan fingerprint density at radius 1 is 1.50 bits per heavy atom. The van der Waals surface area contributed by atoms with Crippen molar-refractivity contribution in [2.24, 2.45) is 5.73 Å². The molecule has 0 spiro atoms. The van der Waals surface area contributed by atoms with Crippen LogP contribution in [0.25, 0.3) is 0 Å². The smallest absolute Gasteiger partial charge is 0.251 e. The average Bonchev–Trinajstić information content (AvgIpc) is 2.66. The van der Waals surface area contributed by atoms with Crippen LogP contribution in [0.5, 0.6) is 0 Å². The quantitative estimate of drug-likeness (QED) is 0.839. The number of carbonyl (C=O) groups is 1. The Labute approximate surface area is 93.7 Å². The van der Waals surface area contributed by atoms with Crippen LogP contribution in [0.2, 0.25) is 0 Å². The maximum absolute atomic E-state index is 10.9.